The maximum Gasteiger partial charge on any atom is 0.324 e. The number of nitrogens with zero attached hydrogens (tertiary/aromatic N) is 2. The van der Waals surface area contributed by atoms with Gasteiger partial charge in [0.15, 0.2) is 11.6 Å². The first kappa shape index (κ1) is 22.5. The van der Waals surface area contributed by atoms with E-state index in [4.69, 9.17) is 9.26 Å². The van der Waals surface area contributed by atoms with E-state index in [9.17, 15) is 13.6 Å². The van der Waals surface area contributed by atoms with Crippen LogP contribution in [0.2, 0.25) is 0 Å². The minimum absolute atomic E-state index is 0.192. The number of aromatic nitrogens is 1. The Morgan fingerprint density at radius 3 is 2.56 bits per heavy atom. The molecule has 2 amide bonds. The SMILES string of the molecule is Cc1noc(NC(=O)N2CCC3(CC2)C[C@@H](c2cccc(-c4ccc(F)c(F)c4)c2)CO3)c1C. The number of likely N-dealkylation sites (tertiary alicyclic amines) is 1. The smallest absolute Gasteiger partial charge is 0.324 e. The van der Waals surface area contributed by atoms with Crippen molar-refractivity contribution in [2.24, 2.45) is 0 Å². The average molecular weight is 468 g/mol. The number of nitrogens with one attached hydrogen (secondary N) is 1. The van der Waals surface area contributed by atoms with E-state index in [2.05, 4.69) is 16.5 Å². The summed E-state index contributed by atoms with van der Waals surface area (Å²) in [6, 6.07) is 11.7. The van der Waals surface area contributed by atoms with Crippen LogP contribution >= 0.6 is 0 Å². The third-order valence-corrected chi connectivity index (χ3v) is 7.16. The molecule has 6 nitrogen and oxygen atoms in total. The van der Waals surface area contributed by atoms with Crippen LogP contribution in [-0.2, 0) is 4.74 Å². The van der Waals surface area contributed by atoms with Crippen molar-refractivity contribution in [1.29, 1.82) is 0 Å². The fraction of sp³-hybridized carbons (Fsp3) is 0.385. The third-order valence-electron chi connectivity index (χ3n) is 7.16. The Kier molecular flexibility index (Phi) is 5.85. The van der Waals surface area contributed by atoms with Crippen molar-refractivity contribution in [3.8, 4) is 11.1 Å². The monoisotopic (exact) mass is 467 g/mol. The van der Waals surface area contributed by atoms with Gasteiger partial charge in [0.25, 0.3) is 0 Å². The van der Waals surface area contributed by atoms with Crippen LogP contribution in [0, 0.1) is 25.5 Å². The summed E-state index contributed by atoms with van der Waals surface area (Å²) in [5, 5.41) is 6.69. The molecular formula is C26H27F2N3O3. The zero-order chi connectivity index (χ0) is 23.9. The Labute approximate surface area is 196 Å². The number of hydrogen-bond donors (Lipinski definition) is 1. The number of urea groups is 1. The number of carbonyl (C=O) groups excluding carboxylic acids is 1. The van der Waals surface area contributed by atoms with Crippen LogP contribution in [0.5, 0.6) is 0 Å². The fourth-order valence-electron chi connectivity index (χ4n) is 4.88. The van der Waals surface area contributed by atoms with Gasteiger partial charge in [-0.2, -0.15) is 0 Å². The largest absolute Gasteiger partial charge is 0.374 e. The lowest BCUT2D eigenvalue weighted by Gasteiger charge is -2.38. The Morgan fingerprint density at radius 1 is 1.09 bits per heavy atom. The Balaban J connectivity index is 1.22. The molecule has 2 aromatic carbocycles. The lowest BCUT2D eigenvalue weighted by molar-refractivity contribution is -0.0355. The third kappa shape index (κ3) is 4.30. The number of aryl methyl sites for hydroxylation is 1. The van der Waals surface area contributed by atoms with Gasteiger partial charge in [-0.1, -0.05) is 35.5 Å². The van der Waals surface area contributed by atoms with E-state index < -0.39 is 11.6 Å². The van der Waals surface area contributed by atoms with E-state index in [-0.39, 0.29) is 17.6 Å². The lowest BCUT2D eigenvalue weighted by atomic mass is 9.83. The van der Waals surface area contributed by atoms with Crippen LogP contribution in [0.1, 0.15) is 42.0 Å². The summed E-state index contributed by atoms with van der Waals surface area (Å²) in [6.07, 6.45) is 2.38. The van der Waals surface area contributed by atoms with Gasteiger partial charge in [0.1, 0.15) is 0 Å². The number of anilines is 1. The summed E-state index contributed by atoms with van der Waals surface area (Å²) < 4.78 is 38.5. The van der Waals surface area contributed by atoms with Crippen molar-refractivity contribution in [3.63, 3.8) is 0 Å². The predicted molar refractivity (Wildman–Crippen MR) is 124 cm³/mol. The highest BCUT2D eigenvalue weighted by atomic mass is 19.2. The molecule has 0 aliphatic carbocycles. The minimum Gasteiger partial charge on any atom is -0.374 e. The highest BCUT2D eigenvalue weighted by Crippen LogP contribution is 2.43. The molecule has 2 fully saturated rings. The van der Waals surface area contributed by atoms with Gasteiger partial charge in [-0.15, -0.1) is 0 Å². The molecule has 178 valence electrons. The van der Waals surface area contributed by atoms with Crippen molar-refractivity contribution in [2.75, 3.05) is 25.0 Å². The lowest BCUT2D eigenvalue weighted by Crippen LogP contribution is -2.47. The van der Waals surface area contributed by atoms with Crippen LogP contribution in [0.15, 0.2) is 47.0 Å². The summed E-state index contributed by atoms with van der Waals surface area (Å²) >= 11 is 0. The molecule has 1 N–H and O–H groups in total. The van der Waals surface area contributed by atoms with E-state index in [0.717, 1.165) is 47.7 Å². The van der Waals surface area contributed by atoms with Gasteiger partial charge in [-0.3, -0.25) is 5.32 Å². The molecule has 1 atom stereocenters. The van der Waals surface area contributed by atoms with Crippen LogP contribution in [0.4, 0.5) is 19.5 Å². The standard InChI is InChI=1S/C26H27F2N3O3/c1-16-17(2)30-34-24(16)29-25(32)31-10-8-26(9-11-31)14-21(15-33-26)19-5-3-4-18(12-19)20-6-7-22(27)23(28)13-20/h3-7,12-13,21H,8-11,14-15H2,1-2H3,(H,29,32)/t21-/m1/s1. The second-order valence-electron chi connectivity index (χ2n) is 9.29. The molecule has 8 heteroatoms. The summed E-state index contributed by atoms with van der Waals surface area (Å²) in [6.45, 7) is 5.49. The first-order chi connectivity index (χ1) is 16.3. The molecule has 2 aliphatic heterocycles. The summed E-state index contributed by atoms with van der Waals surface area (Å²) in [5.74, 6) is -1.10. The number of halogens is 2. The fourth-order valence-corrected chi connectivity index (χ4v) is 4.88. The predicted octanol–water partition coefficient (Wildman–Crippen LogP) is 5.81. The first-order valence-electron chi connectivity index (χ1n) is 11.5. The number of hydrogen-bond acceptors (Lipinski definition) is 4. The topological polar surface area (TPSA) is 67.6 Å². The second kappa shape index (κ2) is 8.83. The number of piperidine rings is 1. The molecule has 34 heavy (non-hydrogen) atoms. The summed E-state index contributed by atoms with van der Waals surface area (Å²) in [4.78, 5) is 14.5. The molecule has 0 unspecified atom stereocenters. The van der Waals surface area contributed by atoms with Gasteiger partial charge in [0.2, 0.25) is 5.88 Å². The molecule has 1 aromatic heterocycles. The molecule has 3 aromatic rings. The maximum atomic E-state index is 13.7. The van der Waals surface area contributed by atoms with E-state index in [1.165, 1.54) is 6.07 Å². The molecule has 0 bridgehead atoms. The first-order valence-corrected chi connectivity index (χ1v) is 11.5. The Bertz CT molecular complexity index is 1220. The number of benzene rings is 2. The zero-order valence-corrected chi connectivity index (χ0v) is 19.2. The van der Waals surface area contributed by atoms with Crippen molar-refractivity contribution in [3.05, 3.63) is 70.9 Å². The summed E-state index contributed by atoms with van der Waals surface area (Å²) in [5.41, 5.74) is 3.95. The van der Waals surface area contributed by atoms with E-state index in [1.54, 1.807) is 11.0 Å². The number of ether oxygens (including phenoxy) is 1. The maximum absolute atomic E-state index is 13.7. The molecule has 0 saturated carbocycles. The Morgan fingerprint density at radius 2 is 1.85 bits per heavy atom. The number of rotatable bonds is 3. The quantitative estimate of drug-likeness (QED) is 0.528. The number of amides is 2. The normalized spacial score (nSPS) is 19.5. The highest BCUT2D eigenvalue weighted by Gasteiger charge is 2.44. The van der Waals surface area contributed by atoms with Crippen LogP contribution in [0.3, 0.4) is 0 Å². The highest BCUT2D eigenvalue weighted by molar-refractivity contribution is 5.88. The van der Waals surface area contributed by atoms with Gasteiger partial charge < -0.3 is 14.2 Å². The van der Waals surface area contributed by atoms with E-state index >= 15 is 0 Å². The number of carbonyl (C=O) groups is 1. The molecule has 2 saturated heterocycles. The van der Waals surface area contributed by atoms with Crippen molar-refractivity contribution in [1.82, 2.24) is 10.1 Å². The van der Waals surface area contributed by atoms with E-state index in [0.29, 0.717) is 31.1 Å². The zero-order valence-electron chi connectivity index (χ0n) is 19.2. The van der Waals surface area contributed by atoms with Gasteiger partial charge in [-0.05, 0) is 61.9 Å². The molecule has 0 radical (unpaired) electrons. The van der Waals surface area contributed by atoms with E-state index in [1.807, 2.05) is 32.0 Å². The van der Waals surface area contributed by atoms with Crippen molar-refractivity contribution < 1.29 is 22.8 Å². The summed E-state index contributed by atoms with van der Waals surface area (Å²) in [7, 11) is 0. The molecule has 3 heterocycles. The van der Waals surface area contributed by atoms with Crippen molar-refractivity contribution in [2.45, 2.75) is 44.6 Å². The van der Waals surface area contributed by atoms with Crippen LogP contribution in [-0.4, -0.2) is 41.4 Å². The van der Waals surface area contributed by atoms with Gasteiger partial charge >= 0.3 is 6.03 Å². The molecule has 5 rings (SSSR count). The van der Waals surface area contributed by atoms with Crippen LogP contribution in [0.25, 0.3) is 11.1 Å². The van der Waals surface area contributed by atoms with Gasteiger partial charge in [0, 0.05) is 24.6 Å². The van der Waals surface area contributed by atoms with Gasteiger partial charge in [0.05, 0.1) is 17.9 Å². The Hall–Kier alpha value is -3.26. The molecule has 2 aliphatic rings. The second-order valence-corrected chi connectivity index (χ2v) is 9.29. The van der Waals surface area contributed by atoms with Crippen molar-refractivity contribution >= 4 is 11.9 Å². The van der Waals surface area contributed by atoms with Crippen LogP contribution < -0.4 is 5.32 Å². The minimum atomic E-state index is -0.851. The molecular weight excluding hydrogens is 440 g/mol. The molecule has 1 spiro atoms. The van der Waals surface area contributed by atoms with Gasteiger partial charge in [-0.25, -0.2) is 13.6 Å². The average Bonchev–Trinajstić information content (AvgIpc) is 3.40.